The minimum atomic E-state index is -0.0231. The van der Waals surface area contributed by atoms with Crippen LogP contribution in [-0.4, -0.2) is 12.6 Å². The zero-order valence-electron chi connectivity index (χ0n) is 4.96. The van der Waals surface area contributed by atoms with E-state index in [1.165, 1.54) is 0 Å². The average Bonchev–Trinajstić information content (AvgIpc) is 1.68. The maximum absolute atomic E-state index is 9.63. The van der Waals surface area contributed by atoms with E-state index in [0.717, 1.165) is 6.42 Å². The van der Waals surface area contributed by atoms with Crippen molar-refractivity contribution >= 4 is 6.47 Å². The summed E-state index contributed by atoms with van der Waals surface area (Å²) >= 11 is 0. The van der Waals surface area contributed by atoms with Gasteiger partial charge in [0, 0.05) is 6.42 Å². The third kappa shape index (κ3) is 3.40. The highest BCUT2D eigenvalue weighted by molar-refractivity contribution is 5.37. The molecule has 0 spiro atoms. The first kappa shape index (κ1) is 7.21. The minimum Gasteiger partial charge on any atom is -0.465 e. The van der Waals surface area contributed by atoms with Crippen LogP contribution in [0, 0.1) is 0 Å². The van der Waals surface area contributed by atoms with Gasteiger partial charge in [0.25, 0.3) is 6.47 Å². The van der Waals surface area contributed by atoms with Crippen LogP contribution in [0.1, 0.15) is 13.3 Å². The molecule has 0 aliphatic carbocycles. The molecule has 0 bridgehead atoms. The predicted octanol–water partition coefficient (Wildman–Crippen LogP) is 1.12. The Kier molecular flexibility index (Phi) is 3.94. The highest BCUT2D eigenvalue weighted by atomic mass is 16.5. The van der Waals surface area contributed by atoms with Gasteiger partial charge in [-0.2, -0.15) is 0 Å². The molecule has 0 aliphatic rings. The molecule has 0 fully saturated rings. The van der Waals surface area contributed by atoms with Gasteiger partial charge in [-0.3, -0.25) is 4.79 Å². The lowest BCUT2D eigenvalue weighted by Crippen LogP contribution is -2.03. The van der Waals surface area contributed by atoms with Crippen molar-refractivity contribution in [2.45, 2.75) is 19.4 Å². The summed E-state index contributed by atoms with van der Waals surface area (Å²) in [6.07, 6.45) is 2.41. The molecule has 2 nitrogen and oxygen atoms in total. The standard InChI is InChI=1S/C6H10O2/c1-3-4-6(2)8-5-7/h3,5-6H,1,4H2,2H3. The van der Waals surface area contributed by atoms with Crippen LogP contribution in [0.5, 0.6) is 0 Å². The molecule has 46 valence electrons. The topological polar surface area (TPSA) is 26.3 Å². The second-order valence-electron chi connectivity index (χ2n) is 1.57. The van der Waals surface area contributed by atoms with Crippen LogP contribution in [-0.2, 0) is 9.53 Å². The average molecular weight is 114 g/mol. The van der Waals surface area contributed by atoms with E-state index in [0.29, 0.717) is 6.47 Å². The molecular weight excluding hydrogens is 104 g/mol. The van der Waals surface area contributed by atoms with Crippen LogP contribution in [0.4, 0.5) is 0 Å². The van der Waals surface area contributed by atoms with Gasteiger partial charge in [-0.05, 0) is 6.92 Å². The fourth-order valence-electron chi connectivity index (χ4n) is 0.385. The molecule has 0 aromatic carbocycles. The normalized spacial score (nSPS) is 12.1. The summed E-state index contributed by atoms with van der Waals surface area (Å²) in [6, 6.07) is 0. The second kappa shape index (κ2) is 4.37. The quantitative estimate of drug-likeness (QED) is 0.404. The number of rotatable bonds is 4. The molecule has 0 saturated carbocycles. The van der Waals surface area contributed by atoms with Crippen molar-refractivity contribution in [1.29, 1.82) is 0 Å². The van der Waals surface area contributed by atoms with Gasteiger partial charge in [0.2, 0.25) is 0 Å². The van der Waals surface area contributed by atoms with Gasteiger partial charge < -0.3 is 4.74 Å². The molecule has 0 rings (SSSR count). The van der Waals surface area contributed by atoms with Crippen LogP contribution < -0.4 is 0 Å². The lowest BCUT2D eigenvalue weighted by molar-refractivity contribution is -0.132. The van der Waals surface area contributed by atoms with Crippen LogP contribution in [0.15, 0.2) is 12.7 Å². The highest BCUT2D eigenvalue weighted by Gasteiger charge is 1.94. The maximum Gasteiger partial charge on any atom is 0.293 e. The third-order valence-corrected chi connectivity index (χ3v) is 0.786. The zero-order valence-corrected chi connectivity index (χ0v) is 4.96. The smallest absolute Gasteiger partial charge is 0.293 e. The predicted molar refractivity (Wildman–Crippen MR) is 31.4 cm³/mol. The van der Waals surface area contributed by atoms with Crippen molar-refractivity contribution in [3.8, 4) is 0 Å². The van der Waals surface area contributed by atoms with Crippen molar-refractivity contribution < 1.29 is 9.53 Å². The Bertz CT molecular complexity index is 68.6. The molecule has 1 unspecified atom stereocenters. The molecule has 1 atom stereocenters. The van der Waals surface area contributed by atoms with Crippen molar-refractivity contribution in [3.05, 3.63) is 12.7 Å². The molecular formula is C6H10O2. The molecule has 0 radical (unpaired) electrons. The lowest BCUT2D eigenvalue weighted by Gasteiger charge is -2.03. The Morgan fingerprint density at radius 2 is 2.50 bits per heavy atom. The lowest BCUT2D eigenvalue weighted by atomic mass is 10.3. The Morgan fingerprint density at radius 1 is 1.88 bits per heavy atom. The number of hydrogen-bond acceptors (Lipinski definition) is 2. The summed E-state index contributed by atoms with van der Waals surface area (Å²) in [5.74, 6) is 0. The van der Waals surface area contributed by atoms with E-state index < -0.39 is 0 Å². The Labute approximate surface area is 49.1 Å². The van der Waals surface area contributed by atoms with Crippen molar-refractivity contribution in [3.63, 3.8) is 0 Å². The van der Waals surface area contributed by atoms with Crippen LogP contribution >= 0.6 is 0 Å². The first-order chi connectivity index (χ1) is 3.81. The van der Waals surface area contributed by atoms with E-state index in [-0.39, 0.29) is 6.10 Å². The van der Waals surface area contributed by atoms with Gasteiger partial charge in [-0.15, -0.1) is 6.58 Å². The van der Waals surface area contributed by atoms with E-state index >= 15 is 0 Å². The maximum atomic E-state index is 9.63. The Hall–Kier alpha value is -0.790. The number of ether oxygens (including phenoxy) is 1. The molecule has 8 heavy (non-hydrogen) atoms. The van der Waals surface area contributed by atoms with E-state index in [9.17, 15) is 4.79 Å². The summed E-state index contributed by atoms with van der Waals surface area (Å²) in [5.41, 5.74) is 0. The molecule has 0 N–H and O–H groups in total. The fraction of sp³-hybridized carbons (Fsp3) is 0.500. The molecule has 0 heterocycles. The van der Waals surface area contributed by atoms with Gasteiger partial charge in [-0.1, -0.05) is 6.08 Å². The largest absolute Gasteiger partial charge is 0.465 e. The second-order valence-corrected chi connectivity index (χ2v) is 1.57. The van der Waals surface area contributed by atoms with Gasteiger partial charge in [0.05, 0.1) is 0 Å². The first-order valence-corrected chi connectivity index (χ1v) is 2.51. The van der Waals surface area contributed by atoms with Gasteiger partial charge >= 0.3 is 0 Å². The Balaban J connectivity index is 3.16. The summed E-state index contributed by atoms with van der Waals surface area (Å²) in [7, 11) is 0. The first-order valence-electron chi connectivity index (χ1n) is 2.51. The van der Waals surface area contributed by atoms with Crippen LogP contribution in [0.25, 0.3) is 0 Å². The third-order valence-electron chi connectivity index (χ3n) is 0.786. The van der Waals surface area contributed by atoms with Crippen molar-refractivity contribution in [2.24, 2.45) is 0 Å². The molecule has 0 saturated heterocycles. The monoisotopic (exact) mass is 114 g/mol. The molecule has 0 aliphatic heterocycles. The van der Waals surface area contributed by atoms with E-state index in [1.54, 1.807) is 6.08 Å². The summed E-state index contributed by atoms with van der Waals surface area (Å²) in [4.78, 5) is 9.63. The van der Waals surface area contributed by atoms with Crippen molar-refractivity contribution in [2.75, 3.05) is 0 Å². The van der Waals surface area contributed by atoms with Crippen LogP contribution in [0.3, 0.4) is 0 Å². The number of carbonyl (C=O) groups excluding carboxylic acids is 1. The molecule has 0 amide bonds. The zero-order chi connectivity index (χ0) is 6.41. The summed E-state index contributed by atoms with van der Waals surface area (Å²) in [6.45, 7) is 5.76. The van der Waals surface area contributed by atoms with Gasteiger partial charge in [0.15, 0.2) is 0 Å². The molecule has 0 aromatic rings. The minimum absolute atomic E-state index is 0.0231. The summed E-state index contributed by atoms with van der Waals surface area (Å²) in [5, 5.41) is 0. The van der Waals surface area contributed by atoms with Crippen molar-refractivity contribution in [1.82, 2.24) is 0 Å². The number of carbonyl (C=O) groups is 1. The number of hydrogen-bond donors (Lipinski definition) is 0. The SMILES string of the molecule is C=CCC(C)OC=O. The summed E-state index contributed by atoms with van der Waals surface area (Å²) < 4.78 is 4.53. The fourth-order valence-corrected chi connectivity index (χ4v) is 0.385. The van der Waals surface area contributed by atoms with E-state index in [1.807, 2.05) is 6.92 Å². The Morgan fingerprint density at radius 3 is 2.88 bits per heavy atom. The molecule has 0 aromatic heterocycles. The van der Waals surface area contributed by atoms with Gasteiger partial charge in [-0.25, -0.2) is 0 Å². The molecule has 2 heteroatoms. The van der Waals surface area contributed by atoms with E-state index in [4.69, 9.17) is 0 Å². The van der Waals surface area contributed by atoms with Crippen LogP contribution in [0.2, 0.25) is 0 Å². The van der Waals surface area contributed by atoms with Gasteiger partial charge in [0.1, 0.15) is 6.10 Å². The highest BCUT2D eigenvalue weighted by Crippen LogP contribution is 1.93. The van der Waals surface area contributed by atoms with E-state index in [2.05, 4.69) is 11.3 Å².